The molecule has 0 aliphatic heterocycles. The van der Waals surface area contributed by atoms with Crippen molar-refractivity contribution in [2.24, 2.45) is 5.10 Å². The maximum absolute atomic E-state index is 11.7. The number of benzene rings is 2. The molecule has 0 aromatic heterocycles. The summed E-state index contributed by atoms with van der Waals surface area (Å²) in [5.74, 6) is -1.65. The van der Waals surface area contributed by atoms with Crippen molar-refractivity contribution >= 4 is 23.8 Å². The molecule has 0 aliphatic carbocycles. The summed E-state index contributed by atoms with van der Waals surface area (Å²) in [6.45, 7) is 1.26. The van der Waals surface area contributed by atoms with Crippen molar-refractivity contribution in [1.29, 1.82) is 0 Å². The van der Waals surface area contributed by atoms with E-state index in [2.05, 4.69) is 10.5 Å². The summed E-state index contributed by atoms with van der Waals surface area (Å²) in [4.78, 5) is 32.8. The fraction of sp³-hybridized carbons (Fsp3) is 0.118. The zero-order valence-corrected chi connectivity index (χ0v) is 13.7. The Kier molecular flexibility index (Phi) is 5.99. The molecule has 0 spiro atoms. The Morgan fingerprint density at radius 2 is 1.96 bits per heavy atom. The molecule has 134 valence electrons. The summed E-state index contributed by atoms with van der Waals surface area (Å²) in [6.07, 6.45) is 1.33. The van der Waals surface area contributed by atoms with Crippen LogP contribution in [0.2, 0.25) is 0 Å². The topological polar surface area (TPSA) is 131 Å². The zero-order valence-electron chi connectivity index (χ0n) is 13.7. The highest BCUT2D eigenvalue weighted by molar-refractivity contribution is 5.89. The molecule has 0 unspecified atom stereocenters. The van der Waals surface area contributed by atoms with Gasteiger partial charge in [-0.3, -0.25) is 14.9 Å². The lowest BCUT2D eigenvalue weighted by atomic mass is 10.1. The van der Waals surface area contributed by atoms with Crippen molar-refractivity contribution in [3.63, 3.8) is 0 Å². The molecular formula is C17H15N3O6. The third-order valence-corrected chi connectivity index (χ3v) is 3.23. The van der Waals surface area contributed by atoms with Crippen LogP contribution in [-0.4, -0.2) is 34.7 Å². The van der Waals surface area contributed by atoms with Gasteiger partial charge in [-0.15, -0.1) is 0 Å². The molecule has 0 atom stereocenters. The van der Waals surface area contributed by atoms with Crippen LogP contribution in [0, 0.1) is 17.0 Å². The Morgan fingerprint density at radius 1 is 1.27 bits per heavy atom. The van der Waals surface area contributed by atoms with Crippen LogP contribution in [0.15, 0.2) is 47.6 Å². The number of carboxylic acid groups (broad SMARTS) is 1. The minimum absolute atomic E-state index is 0.0102. The second-order valence-electron chi connectivity index (χ2n) is 5.24. The van der Waals surface area contributed by atoms with E-state index in [9.17, 15) is 19.7 Å². The van der Waals surface area contributed by atoms with Crippen molar-refractivity contribution in [3.8, 4) is 5.75 Å². The molecule has 0 bridgehead atoms. The van der Waals surface area contributed by atoms with Gasteiger partial charge in [0.25, 0.3) is 5.91 Å². The normalized spacial score (nSPS) is 10.5. The highest BCUT2D eigenvalue weighted by atomic mass is 16.6. The van der Waals surface area contributed by atoms with Crippen LogP contribution in [-0.2, 0) is 4.79 Å². The standard InChI is InChI=1S/C17H15N3O6/c1-11-2-7-15(14(8-11)20(24)25)26-10-16(21)19-18-9-12-3-5-13(6-4-12)17(22)23/h2-9H,10H2,1H3,(H,19,21)(H,22,23)/b18-9-. The number of aryl methyl sites for hydroxylation is 1. The molecule has 2 aromatic rings. The second kappa shape index (κ2) is 8.38. The van der Waals surface area contributed by atoms with Crippen LogP contribution in [0.25, 0.3) is 0 Å². The van der Waals surface area contributed by atoms with Gasteiger partial charge in [0.2, 0.25) is 0 Å². The minimum Gasteiger partial charge on any atom is -0.478 e. The van der Waals surface area contributed by atoms with Gasteiger partial charge in [-0.25, -0.2) is 10.2 Å². The smallest absolute Gasteiger partial charge is 0.335 e. The van der Waals surface area contributed by atoms with Crippen LogP contribution < -0.4 is 10.2 Å². The lowest BCUT2D eigenvalue weighted by Crippen LogP contribution is -2.24. The number of amides is 1. The van der Waals surface area contributed by atoms with Gasteiger partial charge in [-0.05, 0) is 36.2 Å². The molecule has 2 N–H and O–H groups in total. The van der Waals surface area contributed by atoms with E-state index in [0.29, 0.717) is 11.1 Å². The summed E-state index contributed by atoms with van der Waals surface area (Å²) in [7, 11) is 0. The maximum atomic E-state index is 11.7. The number of aromatic carboxylic acids is 1. The Labute approximate surface area is 148 Å². The maximum Gasteiger partial charge on any atom is 0.335 e. The van der Waals surface area contributed by atoms with Gasteiger partial charge in [0.05, 0.1) is 16.7 Å². The molecule has 0 saturated heterocycles. The number of ether oxygens (including phenoxy) is 1. The summed E-state index contributed by atoms with van der Waals surface area (Å²) in [5, 5.41) is 23.5. The predicted molar refractivity (Wildman–Crippen MR) is 92.5 cm³/mol. The Hall–Kier alpha value is -3.75. The van der Waals surface area contributed by atoms with Crippen molar-refractivity contribution in [3.05, 3.63) is 69.3 Å². The monoisotopic (exact) mass is 357 g/mol. The van der Waals surface area contributed by atoms with Crippen molar-refractivity contribution in [2.45, 2.75) is 6.92 Å². The van der Waals surface area contributed by atoms with Crippen LogP contribution in [0.3, 0.4) is 0 Å². The number of hydrogen-bond donors (Lipinski definition) is 2. The highest BCUT2D eigenvalue weighted by Gasteiger charge is 2.16. The molecule has 0 radical (unpaired) electrons. The van der Waals surface area contributed by atoms with Gasteiger partial charge >= 0.3 is 11.7 Å². The molecule has 9 nitrogen and oxygen atoms in total. The molecule has 2 rings (SSSR count). The first-order valence-corrected chi connectivity index (χ1v) is 7.40. The quantitative estimate of drug-likeness (QED) is 0.443. The third-order valence-electron chi connectivity index (χ3n) is 3.23. The summed E-state index contributed by atoms with van der Waals surface area (Å²) in [6, 6.07) is 10.3. The first kappa shape index (κ1) is 18.6. The Balaban J connectivity index is 1.89. The Morgan fingerprint density at radius 3 is 2.58 bits per heavy atom. The van der Waals surface area contributed by atoms with Crippen LogP contribution in [0.4, 0.5) is 5.69 Å². The van der Waals surface area contributed by atoms with Crippen molar-refractivity contribution in [1.82, 2.24) is 5.43 Å². The lowest BCUT2D eigenvalue weighted by molar-refractivity contribution is -0.385. The van der Waals surface area contributed by atoms with Crippen LogP contribution >= 0.6 is 0 Å². The number of hydrogen-bond acceptors (Lipinski definition) is 6. The molecule has 2 aromatic carbocycles. The number of nitro benzene ring substituents is 1. The summed E-state index contributed by atoms with van der Waals surface area (Å²) >= 11 is 0. The number of nitrogens with zero attached hydrogens (tertiary/aromatic N) is 2. The SMILES string of the molecule is Cc1ccc(OCC(=O)N/N=C\c2ccc(C(=O)O)cc2)c([N+](=O)[O-])c1. The predicted octanol–water partition coefficient (Wildman–Crippen LogP) is 2.13. The van der Waals surface area contributed by atoms with E-state index >= 15 is 0 Å². The van der Waals surface area contributed by atoms with Crippen molar-refractivity contribution < 1.29 is 24.4 Å². The lowest BCUT2D eigenvalue weighted by Gasteiger charge is -2.06. The zero-order chi connectivity index (χ0) is 19.1. The Bertz CT molecular complexity index is 861. The van der Waals surface area contributed by atoms with Crippen LogP contribution in [0.5, 0.6) is 5.75 Å². The number of rotatable bonds is 7. The van der Waals surface area contributed by atoms with Gasteiger partial charge in [0.1, 0.15) is 0 Å². The summed E-state index contributed by atoms with van der Waals surface area (Å²) < 4.78 is 5.17. The van der Waals surface area contributed by atoms with E-state index in [4.69, 9.17) is 9.84 Å². The van der Waals surface area contributed by atoms with E-state index in [1.54, 1.807) is 13.0 Å². The number of carboxylic acids is 1. The van der Waals surface area contributed by atoms with E-state index in [1.807, 2.05) is 0 Å². The largest absolute Gasteiger partial charge is 0.478 e. The van der Waals surface area contributed by atoms with Crippen LogP contribution in [0.1, 0.15) is 21.5 Å². The molecule has 1 amide bonds. The average molecular weight is 357 g/mol. The van der Waals surface area contributed by atoms with E-state index < -0.39 is 23.4 Å². The first-order valence-electron chi connectivity index (χ1n) is 7.40. The van der Waals surface area contributed by atoms with Gasteiger partial charge in [0, 0.05) is 6.07 Å². The highest BCUT2D eigenvalue weighted by Crippen LogP contribution is 2.27. The number of carbonyl (C=O) groups excluding carboxylic acids is 1. The minimum atomic E-state index is -1.04. The van der Waals surface area contributed by atoms with Crippen molar-refractivity contribution in [2.75, 3.05) is 6.61 Å². The molecule has 26 heavy (non-hydrogen) atoms. The van der Waals surface area contributed by atoms with E-state index in [0.717, 1.165) is 0 Å². The van der Waals surface area contributed by atoms with E-state index in [-0.39, 0.29) is 17.0 Å². The number of nitro groups is 1. The number of hydrazone groups is 1. The number of carbonyl (C=O) groups is 2. The molecule has 0 saturated carbocycles. The van der Waals surface area contributed by atoms with E-state index in [1.165, 1.54) is 42.6 Å². The van der Waals surface area contributed by atoms with Gasteiger partial charge in [0.15, 0.2) is 12.4 Å². The summed E-state index contributed by atoms with van der Waals surface area (Å²) in [5.41, 5.74) is 3.42. The molecule has 0 heterocycles. The van der Waals surface area contributed by atoms with Gasteiger partial charge in [-0.1, -0.05) is 18.2 Å². The first-order chi connectivity index (χ1) is 12.4. The van der Waals surface area contributed by atoms with Gasteiger partial charge < -0.3 is 9.84 Å². The average Bonchev–Trinajstić information content (AvgIpc) is 2.61. The molecule has 0 fully saturated rings. The fourth-order valence-corrected chi connectivity index (χ4v) is 1.96. The third kappa shape index (κ3) is 5.13. The fourth-order valence-electron chi connectivity index (χ4n) is 1.96. The van der Waals surface area contributed by atoms with Gasteiger partial charge in [-0.2, -0.15) is 5.10 Å². The second-order valence-corrected chi connectivity index (χ2v) is 5.24. The molecule has 9 heteroatoms. The number of nitrogens with one attached hydrogen (secondary N) is 1. The molecular weight excluding hydrogens is 342 g/mol. The molecule has 0 aliphatic rings.